The fourth-order valence-electron chi connectivity index (χ4n) is 2.68. The number of hydrogen-bond acceptors (Lipinski definition) is 4. The van der Waals surface area contributed by atoms with Crippen LogP contribution in [0.2, 0.25) is 0 Å². The van der Waals surface area contributed by atoms with Crippen LogP contribution in [0.1, 0.15) is 18.1 Å². The predicted octanol–water partition coefficient (Wildman–Crippen LogP) is 4.18. The van der Waals surface area contributed by atoms with Gasteiger partial charge in [-0.05, 0) is 30.9 Å². The van der Waals surface area contributed by atoms with Crippen LogP contribution in [0.15, 0.2) is 41.0 Å². The summed E-state index contributed by atoms with van der Waals surface area (Å²) in [6, 6.07) is 7.61. The van der Waals surface area contributed by atoms with Crippen LogP contribution in [0.25, 0.3) is 27.8 Å². The van der Waals surface area contributed by atoms with E-state index in [2.05, 4.69) is 0 Å². The lowest BCUT2D eigenvalue weighted by molar-refractivity contribution is -0.137. The van der Waals surface area contributed by atoms with Gasteiger partial charge in [0.15, 0.2) is 11.3 Å². The van der Waals surface area contributed by atoms with Crippen molar-refractivity contribution >= 4 is 33.8 Å². The molecule has 0 atom stereocenters. The molecule has 0 saturated heterocycles. The number of ether oxygens (including phenoxy) is 1. The average molecular weight is 296 g/mol. The fourth-order valence-corrected chi connectivity index (χ4v) is 2.68. The number of aromatic hydroxyl groups is 1. The third kappa shape index (κ3) is 2.22. The molecule has 4 heteroatoms. The molecule has 22 heavy (non-hydrogen) atoms. The SMILES string of the molecule is CCOC(=O)/C=C\c1coc2c(O)c3ccccc3c(C)c12. The van der Waals surface area contributed by atoms with Gasteiger partial charge in [0, 0.05) is 22.4 Å². The van der Waals surface area contributed by atoms with Crippen LogP contribution in [0.4, 0.5) is 0 Å². The van der Waals surface area contributed by atoms with Gasteiger partial charge in [-0.15, -0.1) is 0 Å². The Bertz CT molecular complexity index is 887. The number of carbonyl (C=O) groups excluding carboxylic acids is 1. The van der Waals surface area contributed by atoms with E-state index in [0.29, 0.717) is 12.2 Å². The lowest BCUT2D eigenvalue weighted by Gasteiger charge is -2.06. The van der Waals surface area contributed by atoms with Gasteiger partial charge >= 0.3 is 5.97 Å². The van der Waals surface area contributed by atoms with Crippen molar-refractivity contribution in [3.05, 3.63) is 47.7 Å². The van der Waals surface area contributed by atoms with Gasteiger partial charge in [0.1, 0.15) is 0 Å². The Morgan fingerprint density at radius 2 is 2.05 bits per heavy atom. The summed E-state index contributed by atoms with van der Waals surface area (Å²) >= 11 is 0. The molecule has 1 aromatic heterocycles. The highest BCUT2D eigenvalue weighted by Gasteiger charge is 2.16. The van der Waals surface area contributed by atoms with Gasteiger partial charge < -0.3 is 14.3 Å². The summed E-state index contributed by atoms with van der Waals surface area (Å²) in [6.45, 7) is 4.06. The maximum atomic E-state index is 11.4. The molecule has 0 spiro atoms. The second kappa shape index (κ2) is 5.56. The highest BCUT2D eigenvalue weighted by molar-refractivity contribution is 6.09. The van der Waals surface area contributed by atoms with Crippen molar-refractivity contribution in [1.82, 2.24) is 0 Å². The van der Waals surface area contributed by atoms with E-state index in [-0.39, 0.29) is 5.75 Å². The molecule has 4 nitrogen and oxygen atoms in total. The van der Waals surface area contributed by atoms with Crippen molar-refractivity contribution in [2.45, 2.75) is 13.8 Å². The van der Waals surface area contributed by atoms with E-state index in [4.69, 9.17) is 9.15 Å². The molecule has 0 radical (unpaired) electrons. The molecule has 2 aromatic carbocycles. The molecule has 112 valence electrons. The Hall–Kier alpha value is -2.75. The van der Waals surface area contributed by atoms with Crippen molar-refractivity contribution in [2.24, 2.45) is 0 Å². The van der Waals surface area contributed by atoms with Crippen LogP contribution in [-0.2, 0) is 9.53 Å². The number of rotatable bonds is 3. The molecule has 0 amide bonds. The van der Waals surface area contributed by atoms with E-state index in [1.165, 1.54) is 12.3 Å². The average Bonchev–Trinajstić information content (AvgIpc) is 2.95. The summed E-state index contributed by atoms with van der Waals surface area (Å²) in [4.78, 5) is 11.4. The number of benzene rings is 2. The molecule has 0 fully saturated rings. The Labute approximate surface area is 127 Å². The van der Waals surface area contributed by atoms with Crippen molar-refractivity contribution in [3.8, 4) is 5.75 Å². The van der Waals surface area contributed by atoms with Gasteiger partial charge in [0.2, 0.25) is 0 Å². The van der Waals surface area contributed by atoms with Gasteiger partial charge in [-0.25, -0.2) is 4.79 Å². The second-order valence-electron chi connectivity index (χ2n) is 5.00. The highest BCUT2D eigenvalue weighted by atomic mass is 16.5. The zero-order valence-corrected chi connectivity index (χ0v) is 12.4. The first-order chi connectivity index (χ1) is 10.6. The summed E-state index contributed by atoms with van der Waals surface area (Å²) < 4.78 is 10.4. The third-order valence-electron chi connectivity index (χ3n) is 3.68. The van der Waals surface area contributed by atoms with Crippen LogP contribution < -0.4 is 0 Å². The Kier molecular flexibility index (Phi) is 3.59. The van der Waals surface area contributed by atoms with E-state index >= 15 is 0 Å². The smallest absolute Gasteiger partial charge is 0.330 e. The summed E-state index contributed by atoms with van der Waals surface area (Å²) in [7, 11) is 0. The molecule has 3 rings (SSSR count). The molecule has 0 aliphatic heterocycles. The second-order valence-corrected chi connectivity index (χ2v) is 5.00. The van der Waals surface area contributed by atoms with Gasteiger partial charge in [-0.1, -0.05) is 24.3 Å². The monoisotopic (exact) mass is 296 g/mol. The molecule has 0 aliphatic rings. The predicted molar refractivity (Wildman–Crippen MR) is 85.8 cm³/mol. The standard InChI is InChI=1S/C18H16O4/c1-3-21-15(19)9-8-12-10-22-18-16(12)11(2)13-6-4-5-7-14(13)17(18)20/h4-10,20H,3H2,1-2H3/b9-8-. The first kappa shape index (κ1) is 14.2. The van der Waals surface area contributed by atoms with Gasteiger partial charge in [-0.2, -0.15) is 0 Å². The quantitative estimate of drug-likeness (QED) is 0.582. The zero-order chi connectivity index (χ0) is 15.7. The lowest BCUT2D eigenvalue weighted by Crippen LogP contribution is -1.98. The van der Waals surface area contributed by atoms with E-state index in [0.717, 1.165) is 27.3 Å². The van der Waals surface area contributed by atoms with Crippen LogP contribution in [0.3, 0.4) is 0 Å². The summed E-state index contributed by atoms with van der Waals surface area (Å²) in [5.41, 5.74) is 2.17. The van der Waals surface area contributed by atoms with Crippen LogP contribution in [0.5, 0.6) is 5.75 Å². The molecule has 0 aliphatic carbocycles. The molecule has 3 aromatic rings. The largest absolute Gasteiger partial charge is 0.504 e. The number of furan rings is 1. The lowest BCUT2D eigenvalue weighted by atomic mass is 9.98. The normalized spacial score (nSPS) is 11.5. The molecule has 0 bridgehead atoms. The zero-order valence-electron chi connectivity index (χ0n) is 12.4. The maximum Gasteiger partial charge on any atom is 0.330 e. The Morgan fingerprint density at radius 1 is 1.32 bits per heavy atom. The number of hydrogen-bond donors (Lipinski definition) is 1. The highest BCUT2D eigenvalue weighted by Crippen LogP contribution is 2.39. The number of phenols is 1. The number of carbonyl (C=O) groups is 1. The van der Waals surface area contributed by atoms with E-state index in [9.17, 15) is 9.90 Å². The van der Waals surface area contributed by atoms with Gasteiger partial charge in [0.05, 0.1) is 12.9 Å². The number of aryl methyl sites for hydroxylation is 1. The minimum Gasteiger partial charge on any atom is -0.504 e. The van der Waals surface area contributed by atoms with E-state index < -0.39 is 5.97 Å². The first-order valence-corrected chi connectivity index (χ1v) is 7.09. The van der Waals surface area contributed by atoms with E-state index in [1.54, 1.807) is 13.0 Å². The number of esters is 1. The minimum absolute atomic E-state index is 0.118. The van der Waals surface area contributed by atoms with Crippen LogP contribution in [-0.4, -0.2) is 17.7 Å². The maximum absolute atomic E-state index is 11.4. The molecule has 1 N–H and O–H groups in total. The van der Waals surface area contributed by atoms with Gasteiger partial charge in [0.25, 0.3) is 0 Å². The first-order valence-electron chi connectivity index (χ1n) is 7.09. The van der Waals surface area contributed by atoms with Crippen molar-refractivity contribution in [2.75, 3.05) is 6.61 Å². The number of fused-ring (bicyclic) bond motifs is 2. The minimum atomic E-state index is -0.403. The number of phenolic OH excluding ortho intramolecular Hbond substituents is 1. The third-order valence-corrected chi connectivity index (χ3v) is 3.68. The Balaban J connectivity index is 2.20. The molecule has 0 saturated carbocycles. The fraction of sp³-hybridized carbons (Fsp3) is 0.167. The van der Waals surface area contributed by atoms with E-state index in [1.807, 2.05) is 31.2 Å². The molecular formula is C18H16O4. The molecular weight excluding hydrogens is 280 g/mol. The van der Waals surface area contributed by atoms with Gasteiger partial charge in [-0.3, -0.25) is 0 Å². The van der Waals surface area contributed by atoms with Crippen molar-refractivity contribution < 1.29 is 19.1 Å². The van der Waals surface area contributed by atoms with Crippen molar-refractivity contribution in [1.29, 1.82) is 0 Å². The van der Waals surface area contributed by atoms with Crippen LogP contribution in [0, 0.1) is 6.92 Å². The summed E-state index contributed by atoms with van der Waals surface area (Å²) in [5, 5.41) is 12.9. The summed E-state index contributed by atoms with van der Waals surface area (Å²) in [6.07, 6.45) is 4.54. The topological polar surface area (TPSA) is 59.7 Å². The summed E-state index contributed by atoms with van der Waals surface area (Å²) in [5.74, 6) is -0.286. The van der Waals surface area contributed by atoms with Crippen molar-refractivity contribution in [3.63, 3.8) is 0 Å². The molecule has 0 unspecified atom stereocenters. The Morgan fingerprint density at radius 3 is 2.77 bits per heavy atom. The van der Waals surface area contributed by atoms with Crippen LogP contribution >= 0.6 is 0 Å². The molecule has 1 heterocycles.